The molecule has 1 aliphatic heterocycles. The maximum atomic E-state index is 14.5. The molecular formula is C13H18FN5O3. The Morgan fingerprint density at radius 3 is 2.86 bits per heavy atom. The van der Waals surface area contributed by atoms with E-state index in [1.807, 2.05) is 0 Å². The lowest BCUT2D eigenvalue weighted by atomic mass is 9.93. The second-order valence-electron chi connectivity index (χ2n) is 5.47. The number of anilines is 1. The zero-order valence-electron chi connectivity index (χ0n) is 12.3. The number of aromatic nitrogens is 4. The van der Waals surface area contributed by atoms with E-state index in [1.165, 1.54) is 10.7 Å². The van der Waals surface area contributed by atoms with Gasteiger partial charge in [0, 0.05) is 0 Å². The summed E-state index contributed by atoms with van der Waals surface area (Å²) in [6.45, 7) is 2.89. The number of rotatable bonds is 3. The quantitative estimate of drug-likeness (QED) is 0.725. The number of aryl methyl sites for hydroxylation is 1. The van der Waals surface area contributed by atoms with E-state index >= 15 is 0 Å². The first-order chi connectivity index (χ1) is 10.4. The third-order valence-electron chi connectivity index (χ3n) is 4.17. The molecule has 0 saturated carbocycles. The molecule has 0 aromatic carbocycles. The number of alkyl halides is 1. The summed E-state index contributed by atoms with van der Waals surface area (Å²) in [5.74, 6) is 0.582. The van der Waals surface area contributed by atoms with Crippen molar-refractivity contribution in [1.82, 2.24) is 19.6 Å². The molecule has 120 valence electrons. The van der Waals surface area contributed by atoms with Gasteiger partial charge in [0.2, 0.25) is 0 Å². The molecule has 4 N–H and O–H groups in total. The van der Waals surface area contributed by atoms with Crippen molar-refractivity contribution in [2.24, 2.45) is 0 Å². The van der Waals surface area contributed by atoms with Crippen LogP contribution in [0.25, 0.3) is 5.65 Å². The molecule has 3 rings (SSSR count). The van der Waals surface area contributed by atoms with Crippen molar-refractivity contribution in [2.75, 3.05) is 12.3 Å². The van der Waals surface area contributed by atoms with Gasteiger partial charge in [-0.25, -0.2) is 18.9 Å². The molecule has 0 amide bonds. The maximum absolute atomic E-state index is 14.5. The number of nitrogens with zero attached hydrogens (tertiary/aromatic N) is 4. The van der Waals surface area contributed by atoms with Crippen molar-refractivity contribution in [2.45, 2.75) is 44.2 Å². The molecule has 0 bridgehead atoms. The average Bonchev–Trinajstić information content (AvgIpc) is 3.01. The SMILES string of the molecule is CC[C@]1(CO)O[C@@H](c2cnc3c(N)nc(C)nn23)[C@H](F)[C@@H]1O. The third kappa shape index (κ3) is 1.97. The first kappa shape index (κ1) is 15.1. The van der Waals surface area contributed by atoms with Crippen LogP contribution in [0.5, 0.6) is 0 Å². The second-order valence-corrected chi connectivity index (χ2v) is 5.47. The fourth-order valence-electron chi connectivity index (χ4n) is 2.83. The predicted molar refractivity (Wildman–Crippen MR) is 74.8 cm³/mol. The van der Waals surface area contributed by atoms with Crippen molar-refractivity contribution < 1.29 is 19.3 Å². The van der Waals surface area contributed by atoms with Crippen molar-refractivity contribution in [3.63, 3.8) is 0 Å². The predicted octanol–water partition coefficient (Wildman–Crippen LogP) is -0.0737. The highest BCUT2D eigenvalue weighted by Gasteiger charge is 2.55. The lowest BCUT2D eigenvalue weighted by Crippen LogP contribution is -2.44. The number of nitrogen functional groups attached to an aromatic ring is 1. The van der Waals surface area contributed by atoms with Crippen LogP contribution in [0.3, 0.4) is 0 Å². The summed E-state index contributed by atoms with van der Waals surface area (Å²) >= 11 is 0. The summed E-state index contributed by atoms with van der Waals surface area (Å²) < 4.78 is 21.6. The summed E-state index contributed by atoms with van der Waals surface area (Å²) in [5.41, 5.74) is 5.06. The molecule has 8 nitrogen and oxygen atoms in total. The van der Waals surface area contributed by atoms with Crippen LogP contribution in [-0.2, 0) is 4.74 Å². The van der Waals surface area contributed by atoms with Crippen LogP contribution in [0.15, 0.2) is 6.20 Å². The van der Waals surface area contributed by atoms with Gasteiger partial charge < -0.3 is 20.7 Å². The van der Waals surface area contributed by atoms with Crippen LogP contribution in [0.1, 0.15) is 31.0 Å². The number of halogens is 1. The third-order valence-corrected chi connectivity index (χ3v) is 4.17. The molecule has 1 saturated heterocycles. The smallest absolute Gasteiger partial charge is 0.196 e. The number of nitrogens with two attached hydrogens (primary N) is 1. The number of ether oxygens (including phenoxy) is 1. The molecule has 1 fully saturated rings. The minimum Gasteiger partial charge on any atom is -0.393 e. The molecule has 3 heterocycles. The number of hydrogen-bond acceptors (Lipinski definition) is 7. The van der Waals surface area contributed by atoms with Gasteiger partial charge in [-0.15, -0.1) is 0 Å². The molecule has 9 heteroatoms. The molecule has 0 spiro atoms. The topological polar surface area (TPSA) is 119 Å². The normalized spacial score (nSPS) is 32.0. The Labute approximate surface area is 125 Å². The summed E-state index contributed by atoms with van der Waals surface area (Å²) in [6, 6.07) is 0. The van der Waals surface area contributed by atoms with Gasteiger partial charge in [-0.2, -0.15) is 5.10 Å². The molecular weight excluding hydrogens is 293 g/mol. The van der Waals surface area contributed by atoms with E-state index in [0.717, 1.165) is 0 Å². The zero-order valence-corrected chi connectivity index (χ0v) is 12.3. The Morgan fingerprint density at radius 1 is 1.55 bits per heavy atom. The molecule has 0 aliphatic carbocycles. The van der Waals surface area contributed by atoms with Crippen molar-refractivity contribution in [3.8, 4) is 0 Å². The zero-order chi connectivity index (χ0) is 16.1. The van der Waals surface area contributed by atoms with Crippen LogP contribution in [0.4, 0.5) is 10.2 Å². The van der Waals surface area contributed by atoms with Gasteiger partial charge >= 0.3 is 0 Å². The number of hydrogen-bond donors (Lipinski definition) is 3. The number of imidazole rings is 1. The maximum Gasteiger partial charge on any atom is 0.196 e. The van der Waals surface area contributed by atoms with Gasteiger partial charge in [0.1, 0.15) is 23.6 Å². The molecule has 2 aromatic rings. The average molecular weight is 311 g/mol. The minimum atomic E-state index is -1.71. The lowest BCUT2D eigenvalue weighted by Gasteiger charge is -2.28. The first-order valence-electron chi connectivity index (χ1n) is 7.02. The number of fused-ring (bicyclic) bond motifs is 1. The van der Waals surface area contributed by atoms with Gasteiger partial charge in [-0.1, -0.05) is 6.92 Å². The Bertz CT molecular complexity index is 702. The standard InChI is InChI=1S/C13H18FN5O3/c1-3-13(5-20)10(21)8(14)9(22-13)7-4-16-12-11(15)17-6(2)18-19(7)12/h4,8-10,20-21H,3,5H2,1-2H3,(H2,15,17,18)/t8-,9-,10-,13+/m0/s1. The van der Waals surface area contributed by atoms with Crippen LogP contribution in [-0.4, -0.2) is 54.3 Å². The van der Waals surface area contributed by atoms with Gasteiger partial charge in [0.25, 0.3) is 0 Å². The van der Waals surface area contributed by atoms with E-state index in [4.69, 9.17) is 10.5 Å². The highest BCUT2D eigenvalue weighted by Crippen LogP contribution is 2.43. The van der Waals surface area contributed by atoms with E-state index in [-0.39, 0.29) is 12.2 Å². The number of aliphatic hydroxyl groups is 2. The van der Waals surface area contributed by atoms with Crippen molar-refractivity contribution in [3.05, 3.63) is 17.7 Å². The largest absolute Gasteiger partial charge is 0.393 e. The summed E-state index contributed by atoms with van der Waals surface area (Å²) in [6.07, 6.45) is -2.56. The van der Waals surface area contributed by atoms with E-state index < -0.39 is 30.6 Å². The Hall–Kier alpha value is -1.84. The molecule has 0 unspecified atom stereocenters. The van der Waals surface area contributed by atoms with Crippen LogP contribution >= 0.6 is 0 Å². The molecule has 0 radical (unpaired) electrons. The lowest BCUT2D eigenvalue weighted by molar-refractivity contribution is -0.115. The van der Waals surface area contributed by atoms with E-state index in [9.17, 15) is 14.6 Å². The molecule has 22 heavy (non-hydrogen) atoms. The Morgan fingerprint density at radius 2 is 2.27 bits per heavy atom. The summed E-state index contributed by atoms with van der Waals surface area (Å²) in [7, 11) is 0. The van der Waals surface area contributed by atoms with E-state index in [1.54, 1.807) is 13.8 Å². The fraction of sp³-hybridized carbons (Fsp3) is 0.615. The first-order valence-corrected chi connectivity index (χ1v) is 7.02. The molecule has 1 aliphatic rings. The van der Waals surface area contributed by atoms with Gasteiger partial charge in [-0.05, 0) is 13.3 Å². The Kier molecular flexibility index (Phi) is 3.50. The van der Waals surface area contributed by atoms with E-state index in [2.05, 4.69) is 15.1 Å². The van der Waals surface area contributed by atoms with Crippen LogP contribution in [0, 0.1) is 6.92 Å². The van der Waals surface area contributed by atoms with Gasteiger partial charge in [0.15, 0.2) is 17.6 Å². The molecule has 2 aromatic heterocycles. The van der Waals surface area contributed by atoms with E-state index in [0.29, 0.717) is 17.2 Å². The monoisotopic (exact) mass is 311 g/mol. The fourth-order valence-corrected chi connectivity index (χ4v) is 2.83. The van der Waals surface area contributed by atoms with Crippen molar-refractivity contribution >= 4 is 11.5 Å². The highest BCUT2D eigenvalue weighted by molar-refractivity contribution is 5.59. The van der Waals surface area contributed by atoms with Crippen LogP contribution in [0.2, 0.25) is 0 Å². The van der Waals surface area contributed by atoms with Gasteiger partial charge in [0.05, 0.1) is 18.5 Å². The summed E-state index contributed by atoms with van der Waals surface area (Å²) in [4.78, 5) is 8.08. The van der Waals surface area contributed by atoms with Gasteiger partial charge in [-0.3, -0.25) is 0 Å². The van der Waals surface area contributed by atoms with Crippen LogP contribution < -0.4 is 5.73 Å². The minimum absolute atomic E-state index is 0.177. The Balaban J connectivity index is 2.09. The summed E-state index contributed by atoms with van der Waals surface area (Å²) in [5, 5.41) is 23.8. The van der Waals surface area contributed by atoms with Crippen molar-refractivity contribution in [1.29, 1.82) is 0 Å². The second kappa shape index (κ2) is 5.11. The molecule has 4 atom stereocenters. The number of aliphatic hydroxyl groups excluding tert-OH is 2. The highest BCUT2D eigenvalue weighted by atomic mass is 19.1.